The Morgan fingerprint density at radius 1 is 1.32 bits per heavy atom. The van der Waals surface area contributed by atoms with Crippen molar-refractivity contribution >= 4 is 29.3 Å². The van der Waals surface area contributed by atoms with Crippen LogP contribution in [0.3, 0.4) is 0 Å². The van der Waals surface area contributed by atoms with Gasteiger partial charge in [-0.1, -0.05) is 11.6 Å². The quantitative estimate of drug-likeness (QED) is 0.877. The Bertz CT molecular complexity index is 788. The van der Waals surface area contributed by atoms with Gasteiger partial charge in [0.05, 0.1) is 29.2 Å². The number of nitrogens with one attached hydrogen (secondary N) is 1. The first-order chi connectivity index (χ1) is 12.0. The van der Waals surface area contributed by atoms with Gasteiger partial charge in [-0.15, -0.1) is 0 Å². The van der Waals surface area contributed by atoms with Gasteiger partial charge < -0.3 is 15.3 Å². The maximum atomic E-state index is 12.4. The summed E-state index contributed by atoms with van der Waals surface area (Å²) in [6.07, 6.45) is 2.88. The van der Waals surface area contributed by atoms with Crippen LogP contribution in [0.1, 0.15) is 18.5 Å². The molecule has 1 aromatic carbocycles. The molecule has 1 fully saturated rings. The highest BCUT2D eigenvalue weighted by Crippen LogP contribution is 2.22. The Kier molecular flexibility index (Phi) is 4.94. The molecule has 8 heteroatoms. The van der Waals surface area contributed by atoms with Gasteiger partial charge in [0.2, 0.25) is 0 Å². The van der Waals surface area contributed by atoms with E-state index in [1.54, 1.807) is 27.9 Å². The van der Waals surface area contributed by atoms with Crippen LogP contribution in [0.2, 0.25) is 5.02 Å². The normalized spacial score (nSPS) is 17.4. The molecule has 2 N–H and O–H groups in total. The lowest BCUT2D eigenvalue weighted by Crippen LogP contribution is -2.44. The molecule has 1 aliphatic heterocycles. The average Bonchev–Trinajstić information content (AvgIpc) is 2.96. The number of hydrogen-bond acceptors (Lipinski definition) is 3. The SMILES string of the molecule is Cc1c(NC(=O)N2CCCC(C(=O)O)C2)cnn1-c1ccc(Cl)cc1. The second kappa shape index (κ2) is 7.14. The van der Waals surface area contributed by atoms with Crippen LogP contribution in [0.5, 0.6) is 0 Å². The molecule has 1 aliphatic rings. The molecule has 1 aromatic heterocycles. The smallest absolute Gasteiger partial charge is 0.321 e. The number of amides is 2. The fourth-order valence-corrected chi connectivity index (χ4v) is 3.06. The first-order valence-electron chi connectivity index (χ1n) is 8.05. The summed E-state index contributed by atoms with van der Waals surface area (Å²) in [4.78, 5) is 25.1. The maximum absolute atomic E-state index is 12.4. The highest BCUT2D eigenvalue weighted by Gasteiger charge is 2.28. The van der Waals surface area contributed by atoms with Crippen LogP contribution in [-0.4, -0.2) is 44.9 Å². The van der Waals surface area contributed by atoms with E-state index in [9.17, 15) is 9.59 Å². The summed E-state index contributed by atoms with van der Waals surface area (Å²) in [5.41, 5.74) is 2.21. The number of aromatic nitrogens is 2. The van der Waals surface area contributed by atoms with Crippen molar-refractivity contribution in [1.82, 2.24) is 14.7 Å². The number of urea groups is 1. The topological polar surface area (TPSA) is 87.5 Å². The fourth-order valence-electron chi connectivity index (χ4n) is 2.93. The molecule has 132 valence electrons. The zero-order valence-corrected chi connectivity index (χ0v) is 14.5. The van der Waals surface area contributed by atoms with Crippen molar-refractivity contribution < 1.29 is 14.7 Å². The van der Waals surface area contributed by atoms with E-state index in [-0.39, 0.29) is 12.6 Å². The summed E-state index contributed by atoms with van der Waals surface area (Å²) in [7, 11) is 0. The van der Waals surface area contributed by atoms with Crippen LogP contribution in [0.15, 0.2) is 30.5 Å². The van der Waals surface area contributed by atoms with E-state index in [0.717, 1.165) is 11.4 Å². The molecule has 7 nitrogen and oxygen atoms in total. The summed E-state index contributed by atoms with van der Waals surface area (Å²) < 4.78 is 1.71. The largest absolute Gasteiger partial charge is 0.481 e. The minimum Gasteiger partial charge on any atom is -0.481 e. The minimum atomic E-state index is -0.857. The van der Waals surface area contributed by atoms with Crippen LogP contribution in [0, 0.1) is 12.8 Å². The first-order valence-corrected chi connectivity index (χ1v) is 8.43. The second-order valence-corrected chi connectivity index (χ2v) is 6.52. The zero-order chi connectivity index (χ0) is 18.0. The van der Waals surface area contributed by atoms with Gasteiger partial charge in [-0.25, -0.2) is 9.48 Å². The lowest BCUT2D eigenvalue weighted by Gasteiger charge is -2.30. The summed E-state index contributed by atoms with van der Waals surface area (Å²) >= 11 is 5.90. The molecule has 3 rings (SSSR count). The van der Waals surface area contributed by atoms with Gasteiger partial charge >= 0.3 is 12.0 Å². The second-order valence-electron chi connectivity index (χ2n) is 6.09. The van der Waals surface area contributed by atoms with Crippen LogP contribution < -0.4 is 5.32 Å². The number of hydrogen-bond donors (Lipinski definition) is 2. The predicted octanol–water partition coefficient (Wildman–Crippen LogP) is 3.16. The Morgan fingerprint density at radius 3 is 2.72 bits per heavy atom. The average molecular weight is 363 g/mol. The molecule has 0 bridgehead atoms. The molecule has 2 heterocycles. The van der Waals surface area contributed by atoms with Crippen molar-refractivity contribution in [2.24, 2.45) is 5.92 Å². The summed E-state index contributed by atoms with van der Waals surface area (Å²) in [6, 6.07) is 6.93. The van der Waals surface area contributed by atoms with E-state index in [4.69, 9.17) is 16.7 Å². The predicted molar refractivity (Wildman–Crippen MR) is 94.3 cm³/mol. The van der Waals surface area contributed by atoms with E-state index >= 15 is 0 Å². The van der Waals surface area contributed by atoms with Gasteiger partial charge in [-0.3, -0.25) is 4.79 Å². The molecule has 0 saturated carbocycles. The fraction of sp³-hybridized carbons (Fsp3) is 0.353. The number of nitrogens with zero attached hydrogens (tertiary/aromatic N) is 3. The van der Waals surface area contributed by atoms with Gasteiger partial charge in [-0.05, 0) is 44.0 Å². The molecular formula is C17H19ClN4O3. The van der Waals surface area contributed by atoms with Gasteiger partial charge in [0.1, 0.15) is 0 Å². The summed E-state index contributed by atoms with van der Waals surface area (Å²) in [6.45, 7) is 2.64. The lowest BCUT2D eigenvalue weighted by atomic mass is 9.99. The van der Waals surface area contributed by atoms with Crippen molar-refractivity contribution in [2.45, 2.75) is 19.8 Å². The van der Waals surface area contributed by atoms with E-state index in [1.165, 1.54) is 0 Å². The molecule has 1 unspecified atom stereocenters. The maximum Gasteiger partial charge on any atom is 0.321 e. The van der Waals surface area contributed by atoms with Crippen molar-refractivity contribution in [3.05, 3.63) is 41.2 Å². The Labute approximate surface area is 150 Å². The van der Waals surface area contributed by atoms with Crippen LogP contribution in [0.25, 0.3) is 5.69 Å². The number of carboxylic acids is 1. The van der Waals surface area contributed by atoms with Gasteiger partial charge in [-0.2, -0.15) is 5.10 Å². The molecular weight excluding hydrogens is 344 g/mol. The number of halogens is 1. The Morgan fingerprint density at radius 2 is 2.04 bits per heavy atom. The van der Waals surface area contributed by atoms with Crippen LogP contribution >= 0.6 is 11.6 Å². The number of carbonyl (C=O) groups is 2. The van der Waals surface area contributed by atoms with E-state index in [0.29, 0.717) is 30.1 Å². The number of anilines is 1. The van der Waals surface area contributed by atoms with Gasteiger partial charge in [0.15, 0.2) is 0 Å². The lowest BCUT2D eigenvalue weighted by molar-refractivity contribution is -0.143. The van der Waals surface area contributed by atoms with Crippen molar-refractivity contribution in [3.63, 3.8) is 0 Å². The Balaban J connectivity index is 1.72. The van der Waals surface area contributed by atoms with Crippen molar-refractivity contribution in [1.29, 1.82) is 0 Å². The summed E-state index contributed by atoms with van der Waals surface area (Å²) in [5.74, 6) is -1.36. The third-order valence-electron chi connectivity index (χ3n) is 4.38. The van der Waals surface area contributed by atoms with Crippen molar-refractivity contribution in [3.8, 4) is 5.69 Å². The van der Waals surface area contributed by atoms with Gasteiger partial charge in [0.25, 0.3) is 0 Å². The number of likely N-dealkylation sites (tertiary alicyclic amines) is 1. The molecule has 0 aliphatic carbocycles. The van der Waals surface area contributed by atoms with Crippen LogP contribution in [0.4, 0.5) is 10.5 Å². The van der Waals surface area contributed by atoms with Gasteiger partial charge in [0, 0.05) is 18.1 Å². The van der Waals surface area contributed by atoms with E-state index in [1.807, 2.05) is 19.1 Å². The zero-order valence-electron chi connectivity index (χ0n) is 13.8. The monoisotopic (exact) mass is 362 g/mol. The standard InChI is InChI=1S/C17H19ClN4O3/c1-11-15(9-19-22(11)14-6-4-13(18)5-7-14)20-17(25)21-8-2-3-12(10-21)16(23)24/h4-7,9,12H,2-3,8,10H2,1H3,(H,20,25)(H,23,24). The van der Waals surface area contributed by atoms with Crippen molar-refractivity contribution in [2.75, 3.05) is 18.4 Å². The first kappa shape index (κ1) is 17.3. The molecule has 0 radical (unpaired) electrons. The number of piperidine rings is 1. The molecule has 1 atom stereocenters. The number of benzene rings is 1. The number of rotatable bonds is 3. The molecule has 0 spiro atoms. The Hall–Kier alpha value is -2.54. The number of aliphatic carboxylic acids is 1. The highest BCUT2D eigenvalue weighted by molar-refractivity contribution is 6.30. The third kappa shape index (κ3) is 3.76. The molecule has 25 heavy (non-hydrogen) atoms. The minimum absolute atomic E-state index is 0.228. The molecule has 2 aromatic rings. The molecule has 2 amide bonds. The highest BCUT2D eigenvalue weighted by atomic mass is 35.5. The molecule has 1 saturated heterocycles. The van der Waals surface area contributed by atoms with Crippen LogP contribution in [-0.2, 0) is 4.79 Å². The third-order valence-corrected chi connectivity index (χ3v) is 4.63. The number of carbonyl (C=O) groups excluding carboxylic acids is 1. The van der Waals surface area contributed by atoms with E-state index in [2.05, 4.69) is 10.4 Å². The van der Waals surface area contributed by atoms with E-state index < -0.39 is 11.9 Å². The summed E-state index contributed by atoms with van der Waals surface area (Å²) in [5, 5.41) is 16.9. The number of carboxylic acid groups (broad SMARTS) is 1.